The van der Waals surface area contributed by atoms with Crippen molar-refractivity contribution >= 4 is 5.69 Å². The zero-order valence-electron chi connectivity index (χ0n) is 7.74. The Morgan fingerprint density at radius 3 is 2.73 bits per heavy atom. The van der Waals surface area contributed by atoms with Crippen molar-refractivity contribution in [3.8, 4) is 5.75 Å². The van der Waals surface area contributed by atoms with Crippen molar-refractivity contribution in [3.05, 3.63) is 33.6 Å². The molecule has 0 spiro atoms. The predicted molar refractivity (Wildman–Crippen MR) is 50.1 cm³/mol. The van der Waals surface area contributed by atoms with Gasteiger partial charge in [0.2, 0.25) is 0 Å². The van der Waals surface area contributed by atoms with Gasteiger partial charge in [-0.25, -0.2) is 4.39 Å². The number of non-ortho nitro benzene ring substituents is 1. The van der Waals surface area contributed by atoms with Crippen molar-refractivity contribution in [1.82, 2.24) is 5.32 Å². The van der Waals surface area contributed by atoms with Gasteiger partial charge < -0.3 is 10.4 Å². The number of rotatable bonds is 2. The molecule has 0 aromatic heterocycles. The molecule has 1 aromatic carbocycles. The number of hydrogen-bond acceptors (Lipinski definition) is 4. The average molecular weight is 212 g/mol. The summed E-state index contributed by atoms with van der Waals surface area (Å²) in [6.45, 7) is 0.772. The van der Waals surface area contributed by atoms with Crippen molar-refractivity contribution in [3.63, 3.8) is 0 Å². The highest BCUT2D eigenvalue weighted by Crippen LogP contribution is 2.35. The predicted octanol–water partition coefficient (Wildman–Crippen LogP) is 1.47. The first-order chi connectivity index (χ1) is 7.09. The monoisotopic (exact) mass is 212 g/mol. The smallest absolute Gasteiger partial charge is 0.272 e. The van der Waals surface area contributed by atoms with Crippen molar-refractivity contribution in [1.29, 1.82) is 0 Å². The van der Waals surface area contributed by atoms with Crippen LogP contribution < -0.4 is 5.32 Å². The highest BCUT2D eigenvalue weighted by molar-refractivity contribution is 5.46. The second kappa shape index (κ2) is 3.47. The van der Waals surface area contributed by atoms with E-state index >= 15 is 0 Å². The molecule has 2 N–H and O–H groups in total. The molecular formula is C9H9FN2O3. The van der Waals surface area contributed by atoms with Gasteiger partial charge in [-0.2, -0.15) is 0 Å². The van der Waals surface area contributed by atoms with Crippen LogP contribution in [0.1, 0.15) is 18.0 Å². The number of benzene rings is 1. The van der Waals surface area contributed by atoms with E-state index in [2.05, 4.69) is 5.32 Å². The van der Waals surface area contributed by atoms with Gasteiger partial charge in [0.25, 0.3) is 5.69 Å². The number of phenolic OH excluding ortho intramolecular Hbond substituents is 1. The molecule has 0 aliphatic carbocycles. The molecule has 15 heavy (non-hydrogen) atoms. The van der Waals surface area contributed by atoms with Crippen LogP contribution in [0.25, 0.3) is 0 Å². The quantitative estimate of drug-likeness (QED) is 0.575. The van der Waals surface area contributed by atoms with Crippen LogP contribution in [-0.2, 0) is 0 Å². The topological polar surface area (TPSA) is 75.4 Å². The van der Waals surface area contributed by atoms with Gasteiger partial charge in [-0.1, -0.05) is 0 Å². The maximum atomic E-state index is 13.1. The van der Waals surface area contributed by atoms with E-state index in [1.54, 1.807) is 0 Å². The summed E-state index contributed by atoms with van der Waals surface area (Å²) in [6.07, 6.45) is 0.744. The second-order valence-corrected chi connectivity index (χ2v) is 3.42. The van der Waals surface area contributed by atoms with E-state index in [9.17, 15) is 19.6 Å². The Kier molecular flexibility index (Phi) is 2.28. The Labute approximate surface area is 84.7 Å². The third-order valence-electron chi connectivity index (χ3n) is 2.49. The van der Waals surface area contributed by atoms with Crippen LogP contribution >= 0.6 is 0 Å². The first-order valence-electron chi connectivity index (χ1n) is 4.50. The lowest BCUT2D eigenvalue weighted by molar-refractivity contribution is -0.385. The summed E-state index contributed by atoms with van der Waals surface area (Å²) in [6, 6.07) is 1.74. The summed E-state index contributed by atoms with van der Waals surface area (Å²) < 4.78 is 13.1. The van der Waals surface area contributed by atoms with Crippen LogP contribution in [0.4, 0.5) is 10.1 Å². The Morgan fingerprint density at radius 2 is 2.27 bits per heavy atom. The Morgan fingerprint density at radius 1 is 1.60 bits per heavy atom. The van der Waals surface area contributed by atoms with Gasteiger partial charge in [-0.3, -0.25) is 10.1 Å². The fourth-order valence-corrected chi connectivity index (χ4v) is 1.53. The zero-order chi connectivity index (χ0) is 11.0. The zero-order valence-corrected chi connectivity index (χ0v) is 7.74. The third-order valence-corrected chi connectivity index (χ3v) is 2.49. The molecule has 0 saturated carbocycles. The maximum Gasteiger partial charge on any atom is 0.272 e. The van der Waals surface area contributed by atoms with Crippen LogP contribution in [0.5, 0.6) is 5.75 Å². The molecule has 1 aliphatic heterocycles. The van der Waals surface area contributed by atoms with Crippen molar-refractivity contribution < 1.29 is 14.4 Å². The summed E-state index contributed by atoms with van der Waals surface area (Å²) in [4.78, 5) is 9.81. The van der Waals surface area contributed by atoms with Gasteiger partial charge in [0, 0.05) is 17.7 Å². The molecule has 6 heteroatoms. The lowest BCUT2D eigenvalue weighted by Gasteiger charge is -2.28. The van der Waals surface area contributed by atoms with E-state index in [-0.39, 0.29) is 17.3 Å². The number of nitro groups is 1. The van der Waals surface area contributed by atoms with E-state index in [0.29, 0.717) is 0 Å². The van der Waals surface area contributed by atoms with E-state index in [1.165, 1.54) is 6.07 Å². The molecule has 0 bridgehead atoms. The van der Waals surface area contributed by atoms with Gasteiger partial charge in [-0.05, 0) is 13.0 Å². The molecule has 1 aliphatic rings. The Balaban J connectivity index is 2.46. The lowest BCUT2D eigenvalue weighted by Crippen LogP contribution is -2.35. The van der Waals surface area contributed by atoms with Gasteiger partial charge >= 0.3 is 0 Å². The summed E-state index contributed by atoms with van der Waals surface area (Å²) in [7, 11) is 0. The van der Waals surface area contributed by atoms with Gasteiger partial charge in [0.1, 0.15) is 0 Å². The van der Waals surface area contributed by atoms with E-state index in [0.717, 1.165) is 19.0 Å². The van der Waals surface area contributed by atoms with Gasteiger partial charge in [-0.15, -0.1) is 0 Å². The highest BCUT2D eigenvalue weighted by Gasteiger charge is 2.26. The molecule has 5 nitrogen and oxygen atoms in total. The van der Waals surface area contributed by atoms with Crippen LogP contribution in [0.2, 0.25) is 0 Å². The molecule has 1 heterocycles. The first-order valence-corrected chi connectivity index (χ1v) is 4.50. The Bertz CT molecular complexity index is 418. The molecule has 1 aromatic rings. The maximum absolute atomic E-state index is 13.1. The van der Waals surface area contributed by atoms with E-state index in [1.807, 2.05) is 0 Å². The molecule has 2 rings (SSSR count). The highest BCUT2D eigenvalue weighted by atomic mass is 19.1. The van der Waals surface area contributed by atoms with Crippen molar-refractivity contribution in [2.45, 2.75) is 12.5 Å². The molecule has 1 saturated heterocycles. The SMILES string of the molecule is O=[N+]([O-])c1cc(F)c(O)c([C@H]2CCN2)c1. The summed E-state index contributed by atoms with van der Waals surface area (Å²) in [5.74, 6) is -1.45. The minimum absolute atomic E-state index is 0.181. The molecule has 0 unspecified atom stereocenters. The van der Waals surface area contributed by atoms with Crippen LogP contribution in [0.3, 0.4) is 0 Å². The fraction of sp³-hybridized carbons (Fsp3) is 0.333. The number of phenols is 1. The van der Waals surface area contributed by atoms with E-state index in [4.69, 9.17) is 0 Å². The number of hydrogen-bond donors (Lipinski definition) is 2. The fourth-order valence-electron chi connectivity index (χ4n) is 1.53. The van der Waals surface area contributed by atoms with Crippen molar-refractivity contribution in [2.75, 3.05) is 6.54 Å². The minimum Gasteiger partial charge on any atom is -0.505 e. The molecular weight excluding hydrogens is 203 g/mol. The van der Waals surface area contributed by atoms with Crippen LogP contribution in [0, 0.1) is 15.9 Å². The second-order valence-electron chi connectivity index (χ2n) is 3.42. The standard InChI is InChI=1S/C9H9FN2O3/c10-7-4-5(12(14)15)3-6(9(7)13)8-1-2-11-8/h3-4,8,11,13H,1-2H2/t8-/m1/s1. The molecule has 0 radical (unpaired) electrons. The Hall–Kier alpha value is -1.69. The van der Waals surface area contributed by atoms with Gasteiger partial charge in [0.05, 0.1) is 11.0 Å². The normalized spacial score (nSPS) is 19.7. The lowest BCUT2D eigenvalue weighted by atomic mass is 9.96. The number of aromatic hydroxyl groups is 1. The van der Waals surface area contributed by atoms with Crippen LogP contribution in [0.15, 0.2) is 12.1 Å². The number of nitrogens with one attached hydrogen (secondary N) is 1. The largest absolute Gasteiger partial charge is 0.505 e. The van der Waals surface area contributed by atoms with Crippen LogP contribution in [-0.4, -0.2) is 16.6 Å². The minimum atomic E-state index is -0.951. The molecule has 1 atom stereocenters. The number of nitro benzene ring substituents is 1. The van der Waals surface area contributed by atoms with Crippen molar-refractivity contribution in [2.24, 2.45) is 0 Å². The average Bonchev–Trinajstić information content (AvgIpc) is 2.09. The van der Waals surface area contributed by atoms with E-state index < -0.39 is 16.5 Å². The summed E-state index contributed by atoms with van der Waals surface area (Å²) >= 11 is 0. The summed E-state index contributed by atoms with van der Waals surface area (Å²) in [5, 5.41) is 22.8. The molecule has 80 valence electrons. The summed E-state index contributed by atoms with van der Waals surface area (Å²) in [5.41, 5.74) is -0.0815. The third kappa shape index (κ3) is 1.63. The van der Waals surface area contributed by atoms with Gasteiger partial charge in [0.15, 0.2) is 11.6 Å². The molecule has 0 amide bonds. The number of nitrogens with zero attached hydrogens (tertiary/aromatic N) is 1. The first kappa shape index (κ1) is 9.85. The number of halogens is 1. The molecule has 1 fully saturated rings.